The van der Waals surface area contributed by atoms with Gasteiger partial charge in [0.15, 0.2) is 0 Å². The van der Waals surface area contributed by atoms with Gasteiger partial charge in [0.1, 0.15) is 0 Å². The molecule has 23 heavy (non-hydrogen) atoms. The van der Waals surface area contributed by atoms with Gasteiger partial charge in [-0.3, -0.25) is 4.79 Å². The molecule has 4 nitrogen and oxygen atoms in total. The van der Waals surface area contributed by atoms with Gasteiger partial charge in [0.05, 0.1) is 11.7 Å². The molecule has 1 aliphatic rings. The van der Waals surface area contributed by atoms with Crippen molar-refractivity contribution in [2.24, 2.45) is 0 Å². The van der Waals surface area contributed by atoms with E-state index in [2.05, 4.69) is 23.5 Å². The Labute approximate surface area is 139 Å². The van der Waals surface area contributed by atoms with E-state index in [4.69, 9.17) is 0 Å². The first kappa shape index (κ1) is 14.2. The van der Waals surface area contributed by atoms with Crippen LogP contribution in [0.25, 0.3) is 5.69 Å². The molecule has 3 heterocycles. The third kappa shape index (κ3) is 2.47. The number of carbonyl (C=O) groups excluding carboxylic acids is 1. The van der Waals surface area contributed by atoms with Crippen LogP contribution in [0.15, 0.2) is 54.2 Å². The molecule has 0 fully saturated rings. The first-order valence-electron chi connectivity index (χ1n) is 7.71. The summed E-state index contributed by atoms with van der Waals surface area (Å²) in [7, 11) is 0. The van der Waals surface area contributed by atoms with Crippen molar-refractivity contribution in [3.63, 3.8) is 0 Å². The van der Waals surface area contributed by atoms with Crippen LogP contribution in [0.1, 0.15) is 33.8 Å². The standard InChI is InChI=1S/C18H17N3OS/c1-13-16-8-12-23-17(16)7-11-20(13)18(22)14-3-5-15(6-4-14)21-10-2-9-19-21/h2-6,8-10,12-13H,7,11H2,1H3. The van der Waals surface area contributed by atoms with Crippen LogP contribution >= 0.6 is 11.3 Å². The molecule has 1 amide bonds. The number of nitrogens with zero attached hydrogens (tertiary/aromatic N) is 3. The Morgan fingerprint density at radius 2 is 2.09 bits per heavy atom. The average molecular weight is 323 g/mol. The molecule has 0 aliphatic carbocycles. The van der Waals surface area contributed by atoms with E-state index in [1.54, 1.807) is 22.2 Å². The molecule has 1 unspecified atom stereocenters. The number of amides is 1. The second-order valence-electron chi connectivity index (χ2n) is 5.72. The zero-order valence-electron chi connectivity index (χ0n) is 12.8. The van der Waals surface area contributed by atoms with Crippen molar-refractivity contribution in [3.8, 4) is 5.69 Å². The average Bonchev–Trinajstić information content (AvgIpc) is 3.27. The molecule has 0 spiro atoms. The molecule has 0 saturated carbocycles. The number of fused-ring (bicyclic) bond motifs is 1. The fourth-order valence-corrected chi connectivity index (χ4v) is 4.09. The van der Waals surface area contributed by atoms with Gasteiger partial charge >= 0.3 is 0 Å². The summed E-state index contributed by atoms with van der Waals surface area (Å²) in [6.07, 6.45) is 4.59. The Kier molecular flexibility index (Phi) is 3.50. The van der Waals surface area contributed by atoms with Crippen LogP contribution < -0.4 is 0 Å². The molecule has 1 atom stereocenters. The van der Waals surface area contributed by atoms with Gasteiger partial charge in [0.2, 0.25) is 0 Å². The Morgan fingerprint density at radius 1 is 1.26 bits per heavy atom. The molecule has 0 N–H and O–H groups in total. The number of hydrogen-bond donors (Lipinski definition) is 0. The highest BCUT2D eigenvalue weighted by Gasteiger charge is 2.28. The zero-order chi connectivity index (χ0) is 15.8. The first-order valence-corrected chi connectivity index (χ1v) is 8.59. The minimum absolute atomic E-state index is 0.0985. The van der Waals surface area contributed by atoms with Crippen LogP contribution in [0.5, 0.6) is 0 Å². The van der Waals surface area contributed by atoms with E-state index in [1.807, 2.05) is 41.4 Å². The lowest BCUT2D eigenvalue weighted by atomic mass is 10.0. The van der Waals surface area contributed by atoms with Crippen LogP contribution in [0.3, 0.4) is 0 Å². The summed E-state index contributed by atoms with van der Waals surface area (Å²) in [5, 5.41) is 6.32. The maximum Gasteiger partial charge on any atom is 0.254 e. The Bertz CT molecular complexity index is 820. The minimum atomic E-state index is 0.0985. The van der Waals surface area contributed by atoms with Crippen LogP contribution in [0, 0.1) is 0 Å². The Balaban J connectivity index is 1.58. The summed E-state index contributed by atoms with van der Waals surface area (Å²) in [6, 6.07) is 11.8. The van der Waals surface area contributed by atoms with Crippen molar-refractivity contribution < 1.29 is 4.79 Å². The van der Waals surface area contributed by atoms with Crippen LogP contribution in [-0.2, 0) is 6.42 Å². The lowest BCUT2D eigenvalue weighted by molar-refractivity contribution is 0.0679. The molecule has 1 aromatic carbocycles. The molecule has 1 aliphatic heterocycles. The summed E-state index contributed by atoms with van der Waals surface area (Å²) >= 11 is 1.79. The number of benzene rings is 1. The molecule has 116 valence electrons. The minimum Gasteiger partial charge on any atom is -0.331 e. The monoisotopic (exact) mass is 323 g/mol. The largest absolute Gasteiger partial charge is 0.331 e. The molecule has 4 rings (SSSR count). The molecular weight excluding hydrogens is 306 g/mol. The molecule has 0 saturated heterocycles. The van der Waals surface area contributed by atoms with E-state index in [1.165, 1.54) is 10.4 Å². The van der Waals surface area contributed by atoms with Crippen molar-refractivity contribution in [1.29, 1.82) is 0 Å². The second-order valence-corrected chi connectivity index (χ2v) is 6.72. The molecule has 3 aromatic rings. The number of carbonyl (C=O) groups is 1. The van der Waals surface area contributed by atoms with Gasteiger partial charge in [0, 0.05) is 29.4 Å². The summed E-state index contributed by atoms with van der Waals surface area (Å²) < 4.78 is 1.79. The van der Waals surface area contributed by atoms with Gasteiger partial charge in [-0.1, -0.05) is 0 Å². The van der Waals surface area contributed by atoms with E-state index < -0.39 is 0 Å². The predicted octanol–water partition coefficient (Wildman–Crippen LogP) is 3.69. The van der Waals surface area contributed by atoms with Crippen LogP contribution in [-0.4, -0.2) is 27.1 Å². The predicted molar refractivity (Wildman–Crippen MR) is 91.0 cm³/mol. The van der Waals surface area contributed by atoms with Crippen molar-refractivity contribution in [1.82, 2.24) is 14.7 Å². The zero-order valence-corrected chi connectivity index (χ0v) is 13.7. The highest BCUT2D eigenvalue weighted by Crippen LogP contribution is 2.33. The summed E-state index contributed by atoms with van der Waals surface area (Å²) in [5.41, 5.74) is 2.98. The van der Waals surface area contributed by atoms with Gasteiger partial charge in [-0.15, -0.1) is 11.3 Å². The quantitative estimate of drug-likeness (QED) is 0.721. The highest BCUT2D eigenvalue weighted by atomic mass is 32.1. The SMILES string of the molecule is CC1c2ccsc2CCN1C(=O)c1ccc(-n2cccn2)cc1. The Hall–Kier alpha value is -2.40. The number of thiophene rings is 1. The summed E-state index contributed by atoms with van der Waals surface area (Å²) in [5.74, 6) is 0.0985. The van der Waals surface area contributed by atoms with Gasteiger partial charge in [-0.05, 0) is 60.7 Å². The lowest BCUT2D eigenvalue weighted by Crippen LogP contribution is -2.38. The van der Waals surface area contributed by atoms with Crippen molar-refractivity contribution in [2.75, 3.05) is 6.54 Å². The number of rotatable bonds is 2. The van der Waals surface area contributed by atoms with Gasteiger partial charge in [-0.25, -0.2) is 4.68 Å². The van der Waals surface area contributed by atoms with Crippen molar-refractivity contribution in [2.45, 2.75) is 19.4 Å². The fraction of sp³-hybridized carbons (Fsp3) is 0.222. The van der Waals surface area contributed by atoms with Crippen LogP contribution in [0.2, 0.25) is 0 Å². The van der Waals surface area contributed by atoms with E-state index >= 15 is 0 Å². The van der Waals surface area contributed by atoms with Gasteiger partial charge in [0.25, 0.3) is 5.91 Å². The van der Waals surface area contributed by atoms with Gasteiger partial charge in [-0.2, -0.15) is 5.10 Å². The van der Waals surface area contributed by atoms with Crippen molar-refractivity contribution >= 4 is 17.2 Å². The fourth-order valence-electron chi connectivity index (χ4n) is 3.13. The highest BCUT2D eigenvalue weighted by molar-refractivity contribution is 7.10. The Morgan fingerprint density at radius 3 is 2.83 bits per heavy atom. The normalized spacial score (nSPS) is 17.1. The van der Waals surface area contributed by atoms with E-state index in [0.29, 0.717) is 0 Å². The van der Waals surface area contributed by atoms with Crippen LogP contribution in [0.4, 0.5) is 0 Å². The second kappa shape index (κ2) is 5.66. The molecular formula is C18H17N3OS. The maximum absolute atomic E-state index is 12.8. The molecule has 0 radical (unpaired) electrons. The molecule has 2 aromatic heterocycles. The van der Waals surface area contributed by atoms with Crippen molar-refractivity contribution in [3.05, 3.63) is 70.2 Å². The van der Waals surface area contributed by atoms with E-state index in [0.717, 1.165) is 24.2 Å². The lowest BCUT2D eigenvalue weighted by Gasteiger charge is -2.33. The third-order valence-corrected chi connectivity index (χ3v) is 5.42. The maximum atomic E-state index is 12.8. The summed E-state index contributed by atoms with van der Waals surface area (Å²) in [6.45, 7) is 2.90. The number of hydrogen-bond acceptors (Lipinski definition) is 3. The number of aromatic nitrogens is 2. The smallest absolute Gasteiger partial charge is 0.254 e. The van der Waals surface area contributed by atoms with E-state index in [9.17, 15) is 4.79 Å². The molecule has 5 heteroatoms. The van der Waals surface area contributed by atoms with Gasteiger partial charge < -0.3 is 4.90 Å². The van der Waals surface area contributed by atoms with E-state index in [-0.39, 0.29) is 11.9 Å². The topological polar surface area (TPSA) is 38.1 Å². The summed E-state index contributed by atoms with van der Waals surface area (Å²) in [4.78, 5) is 16.2. The third-order valence-electron chi connectivity index (χ3n) is 4.42. The molecule has 0 bridgehead atoms. The first-order chi connectivity index (χ1) is 11.2.